The van der Waals surface area contributed by atoms with Crippen molar-refractivity contribution in [3.05, 3.63) is 65.7 Å². The molecule has 0 saturated carbocycles. The maximum atomic E-state index is 14.5. The minimum atomic E-state index is -5.05. The van der Waals surface area contributed by atoms with Crippen LogP contribution >= 0.6 is 0 Å². The molecule has 242 valence electrons. The Balaban J connectivity index is 1.15. The van der Waals surface area contributed by atoms with Gasteiger partial charge in [-0.3, -0.25) is 14.5 Å². The lowest BCUT2D eigenvalue weighted by molar-refractivity contribution is -0.175. The number of para-hydroxylation sites is 2. The number of imidazole rings is 1. The van der Waals surface area contributed by atoms with E-state index in [4.69, 9.17) is 4.98 Å². The summed E-state index contributed by atoms with van der Waals surface area (Å²) in [6, 6.07) is 15.0. The fourth-order valence-corrected chi connectivity index (χ4v) is 8.25. The number of rotatable bonds is 8. The summed E-state index contributed by atoms with van der Waals surface area (Å²) in [5.41, 5.74) is 2.74. The first-order chi connectivity index (χ1) is 21.5. The topological polar surface area (TPSA) is 70.5 Å². The van der Waals surface area contributed by atoms with Crippen molar-refractivity contribution in [2.45, 2.75) is 101 Å². The molecular weight excluding hydrogens is 586 g/mol. The molecule has 2 aromatic carbocycles. The molecule has 3 saturated heterocycles. The number of carbonyl (C=O) groups is 2. The second-order valence-corrected chi connectivity index (χ2v) is 13.1. The molecule has 2 bridgehead atoms. The molecule has 4 heterocycles. The van der Waals surface area contributed by atoms with Gasteiger partial charge in [0.05, 0.1) is 11.0 Å². The van der Waals surface area contributed by atoms with Crippen molar-refractivity contribution in [3.8, 4) is 0 Å². The Morgan fingerprint density at radius 2 is 1.71 bits per heavy atom. The van der Waals surface area contributed by atoms with Crippen molar-refractivity contribution < 1.29 is 27.2 Å². The van der Waals surface area contributed by atoms with Crippen molar-refractivity contribution in [1.82, 2.24) is 24.7 Å². The molecule has 3 aromatic rings. The minimum absolute atomic E-state index is 0.0549. The average Bonchev–Trinajstić information content (AvgIpc) is 3.48. The molecule has 3 fully saturated rings. The van der Waals surface area contributed by atoms with Gasteiger partial charge in [-0.2, -0.15) is 13.2 Å². The fourth-order valence-electron chi connectivity index (χ4n) is 8.25. The van der Waals surface area contributed by atoms with Gasteiger partial charge in [0.15, 0.2) is 0 Å². The lowest BCUT2D eigenvalue weighted by atomic mass is 9.70. The molecule has 3 aliphatic rings. The van der Waals surface area contributed by atoms with Gasteiger partial charge in [0.1, 0.15) is 17.7 Å². The van der Waals surface area contributed by atoms with Crippen molar-refractivity contribution >= 4 is 22.8 Å². The third-order valence-electron chi connectivity index (χ3n) is 10.6. The number of amides is 2. The molecule has 0 radical (unpaired) electrons. The Morgan fingerprint density at radius 3 is 2.36 bits per heavy atom. The smallest absolute Gasteiger partial charge is 0.341 e. The average molecular weight is 628 g/mol. The predicted molar refractivity (Wildman–Crippen MR) is 163 cm³/mol. The summed E-state index contributed by atoms with van der Waals surface area (Å²) in [7, 11) is 0. The van der Waals surface area contributed by atoms with Crippen LogP contribution < -0.4 is 5.32 Å². The molecule has 0 unspecified atom stereocenters. The number of fused-ring (bicyclic) bond motifs is 3. The number of nitrogens with one attached hydrogen (secondary N) is 1. The summed E-state index contributed by atoms with van der Waals surface area (Å²) < 4.78 is 55.5. The zero-order chi connectivity index (χ0) is 31.9. The zero-order valence-electron chi connectivity index (χ0n) is 25.8. The SMILES string of the molecule is CC[C@H](NC(=O)C(F)(F)F)C(=O)N1CCC(CCN2[C@@H]3CC[C@H]2C[C@@H](n2c(C)nc4ccccc42)C3)(c2cccc(F)c2)CC1. The van der Waals surface area contributed by atoms with E-state index in [1.54, 1.807) is 24.0 Å². The first-order valence-electron chi connectivity index (χ1n) is 16.1. The first-order valence-corrected chi connectivity index (χ1v) is 16.1. The van der Waals surface area contributed by atoms with E-state index in [2.05, 4.69) is 34.6 Å². The Bertz CT molecular complexity index is 1530. The third kappa shape index (κ3) is 6.20. The van der Waals surface area contributed by atoms with Gasteiger partial charge in [-0.25, -0.2) is 9.37 Å². The number of carbonyl (C=O) groups excluding carboxylic acids is 2. The summed E-state index contributed by atoms with van der Waals surface area (Å²) >= 11 is 0. The highest BCUT2D eigenvalue weighted by Gasteiger charge is 2.45. The van der Waals surface area contributed by atoms with Gasteiger partial charge in [0.25, 0.3) is 0 Å². The van der Waals surface area contributed by atoms with Crippen LogP contribution in [0, 0.1) is 12.7 Å². The van der Waals surface area contributed by atoms with Crippen LogP contribution in [0.3, 0.4) is 0 Å². The maximum absolute atomic E-state index is 14.5. The van der Waals surface area contributed by atoms with Crippen LogP contribution in [0.15, 0.2) is 48.5 Å². The molecule has 1 aromatic heterocycles. The van der Waals surface area contributed by atoms with Crippen LogP contribution in [0.4, 0.5) is 17.6 Å². The van der Waals surface area contributed by atoms with Crippen LogP contribution in [0.5, 0.6) is 0 Å². The number of benzene rings is 2. The Hall–Kier alpha value is -3.47. The van der Waals surface area contributed by atoms with Gasteiger partial charge in [-0.05, 0) is 100 Å². The number of aryl methyl sites for hydroxylation is 1. The van der Waals surface area contributed by atoms with Crippen LogP contribution in [-0.4, -0.2) is 75.1 Å². The number of alkyl halides is 3. The van der Waals surface area contributed by atoms with E-state index < -0.39 is 24.0 Å². The number of piperidine rings is 2. The van der Waals surface area contributed by atoms with E-state index in [0.717, 1.165) is 55.6 Å². The number of halogens is 4. The van der Waals surface area contributed by atoms with E-state index in [1.807, 2.05) is 17.4 Å². The van der Waals surface area contributed by atoms with Crippen LogP contribution in [0.1, 0.15) is 75.7 Å². The molecule has 6 rings (SSSR count). The molecule has 0 spiro atoms. The van der Waals surface area contributed by atoms with Crippen molar-refractivity contribution in [2.75, 3.05) is 19.6 Å². The Morgan fingerprint density at radius 1 is 1.02 bits per heavy atom. The molecule has 1 N–H and O–H groups in total. The van der Waals surface area contributed by atoms with E-state index in [9.17, 15) is 27.2 Å². The second-order valence-electron chi connectivity index (χ2n) is 13.1. The largest absolute Gasteiger partial charge is 0.471 e. The number of aromatic nitrogens is 2. The minimum Gasteiger partial charge on any atom is -0.341 e. The van der Waals surface area contributed by atoms with Gasteiger partial charge >= 0.3 is 12.1 Å². The van der Waals surface area contributed by atoms with Gasteiger partial charge in [0.2, 0.25) is 5.91 Å². The summed E-state index contributed by atoms with van der Waals surface area (Å²) in [5, 5.41) is 1.86. The zero-order valence-corrected chi connectivity index (χ0v) is 25.8. The number of nitrogens with zero attached hydrogens (tertiary/aromatic N) is 4. The summed E-state index contributed by atoms with van der Waals surface area (Å²) in [6.45, 7) is 5.18. The lowest BCUT2D eigenvalue weighted by Gasteiger charge is -2.46. The quantitative estimate of drug-likeness (QED) is 0.309. The normalized spacial score (nSPS) is 24.1. The highest BCUT2D eigenvalue weighted by atomic mass is 19.4. The summed E-state index contributed by atoms with van der Waals surface area (Å²) in [4.78, 5) is 33.7. The van der Waals surface area contributed by atoms with E-state index in [-0.39, 0.29) is 17.7 Å². The van der Waals surface area contributed by atoms with Crippen LogP contribution in [0.25, 0.3) is 11.0 Å². The molecule has 11 heteroatoms. The van der Waals surface area contributed by atoms with Crippen LogP contribution in [0.2, 0.25) is 0 Å². The number of likely N-dealkylation sites (tertiary alicyclic amines) is 1. The fraction of sp³-hybridized carbons (Fsp3) is 0.559. The monoisotopic (exact) mass is 627 g/mol. The predicted octanol–water partition coefficient (Wildman–Crippen LogP) is 6.06. The van der Waals surface area contributed by atoms with E-state index in [0.29, 0.717) is 44.1 Å². The van der Waals surface area contributed by atoms with Crippen molar-refractivity contribution in [2.24, 2.45) is 0 Å². The van der Waals surface area contributed by atoms with Crippen molar-refractivity contribution in [3.63, 3.8) is 0 Å². The van der Waals surface area contributed by atoms with E-state index in [1.165, 1.54) is 11.6 Å². The summed E-state index contributed by atoms with van der Waals surface area (Å²) in [6.07, 6.45) is 1.32. The molecule has 45 heavy (non-hydrogen) atoms. The molecule has 2 amide bonds. The molecule has 3 aliphatic heterocycles. The lowest BCUT2D eigenvalue weighted by Crippen LogP contribution is -2.55. The molecular formula is C34H41F4N5O2. The first kappa shape index (κ1) is 31.5. The maximum Gasteiger partial charge on any atom is 0.471 e. The standard InChI is InChI=1S/C34H41F4N5O2/c1-3-28(40-32(45)34(36,37)38)31(44)41-16-13-33(14-17-41,23-7-6-8-24(35)19-23)15-18-42-25-11-12-26(42)21-27(20-25)43-22(2)39-29-9-4-5-10-30(29)43/h4-10,19,25-28H,3,11-18,20-21H2,1-2H3,(H,40,45)/t25-,26+,27+,28-/m0/s1. The third-order valence-corrected chi connectivity index (χ3v) is 10.6. The van der Waals surface area contributed by atoms with Crippen LogP contribution in [-0.2, 0) is 15.0 Å². The molecule has 7 nitrogen and oxygen atoms in total. The number of hydrogen-bond donors (Lipinski definition) is 1. The van der Waals surface area contributed by atoms with Gasteiger partial charge < -0.3 is 14.8 Å². The number of hydrogen-bond acceptors (Lipinski definition) is 4. The van der Waals surface area contributed by atoms with Gasteiger partial charge in [-0.15, -0.1) is 0 Å². The second kappa shape index (κ2) is 12.4. The Labute approximate surface area is 261 Å². The highest BCUT2D eigenvalue weighted by molar-refractivity contribution is 5.89. The van der Waals surface area contributed by atoms with Gasteiger partial charge in [-0.1, -0.05) is 31.2 Å². The van der Waals surface area contributed by atoms with Gasteiger partial charge in [0, 0.05) is 31.2 Å². The molecule has 0 aliphatic carbocycles. The van der Waals surface area contributed by atoms with Crippen molar-refractivity contribution in [1.29, 1.82) is 0 Å². The highest BCUT2D eigenvalue weighted by Crippen LogP contribution is 2.45. The molecule has 4 atom stereocenters. The Kier molecular flexibility index (Phi) is 8.67. The van der Waals surface area contributed by atoms with E-state index >= 15 is 0 Å². The summed E-state index contributed by atoms with van der Waals surface area (Å²) in [5.74, 6) is -1.88.